The standard InChI is InChI=1S/C24H27N3O7S/c1-14-6-9-16(12-19(14)34-2)25-23(30)15-7-10-17(11-8-15)27-18-4-3-5-20(22(18)26-24(27)31)35(32,33)13-21(28)29/h3-6,9,12,15,17H,7-8,10-11,13H2,1-2H3,(H,25,30)(H,26,31)(H,28,29). The number of rotatable bonds is 7. The molecule has 0 unspecified atom stereocenters. The quantitative estimate of drug-likeness (QED) is 0.451. The van der Waals surface area contributed by atoms with Crippen LogP contribution in [0.25, 0.3) is 11.0 Å². The topological polar surface area (TPSA) is 148 Å². The predicted molar refractivity (Wildman–Crippen MR) is 130 cm³/mol. The van der Waals surface area contributed by atoms with Crippen LogP contribution in [0.2, 0.25) is 0 Å². The van der Waals surface area contributed by atoms with Gasteiger partial charge in [0.2, 0.25) is 5.91 Å². The van der Waals surface area contributed by atoms with Crippen LogP contribution in [0, 0.1) is 12.8 Å². The first-order valence-electron chi connectivity index (χ1n) is 11.2. The number of hydrogen-bond donors (Lipinski definition) is 3. The molecule has 1 aliphatic carbocycles. The molecule has 186 valence electrons. The normalized spacial score (nSPS) is 18.3. The molecule has 0 atom stereocenters. The number of carbonyl (C=O) groups is 2. The number of benzene rings is 2. The highest BCUT2D eigenvalue weighted by Crippen LogP contribution is 2.35. The summed E-state index contributed by atoms with van der Waals surface area (Å²) >= 11 is 0. The van der Waals surface area contributed by atoms with Crippen LogP contribution in [0.5, 0.6) is 5.75 Å². The van der Waals surface area contributed by atoms with Crippen molar-refractivity contribution < 1.29 is 27.9 Å². The summed E-state index contributed by atoms with van der Waals surface area (Å²) in [6.07, 6.45) is 2.26. The molecular formula is C24H27N3O7S. The molecule has 1 heterocycles. The van der Waals surface area contributed by atoms with Gasteiger partial charge in [0.1, 0.15) is 5.75 Å². The first kappa shape index (κ1) is 24.5. The highest BCUT2D eigenvalue weighted by Gasteiger charge is 2.30. The van der Waals surface area contributed by atoms with E-state index >= 15 is 0 Å². The van der Waals surface area contributed by atoms with Crippen LogP contribution in [0.1, 0.15) is 37.3 Å². The van der Waals surface area contributed by atoms with Crippen molar-refractivity contribution in [2.24, 2.45) is 5.92 Å². The van der Waals surface area contributed by atoms with Crippen LogP contribution < -0.4 is 15.7 Å². The van der Waals surface area contributed by atoms with Gasteiger partial charge in [-0.3, -0.25) is 14.2 Å². The number of aliphatic carboxylic acids is 1. The highest BCUT2D eigenvalue weighted by atomic mass is 32.2. The summed E-state index contributed by atoms with van der Waals surface area (Å²) in [5.74, 6) is -2.15. The molecule has 0 radical (unpaired) electrons. The molecule has 1 aliphatic rings. The number of carboxylic acids is 1. The smallest absolute Gasteiger partial charge is 0.326 e. The Balaban J connectivity index is 1.51. The molecule has 0 aliphatic heterocycles. The summed E-state index contributed by atoms with van der Waals surface area (Å²) in [6.45, 7) is 1.92. The Morgan fingerprint density at radius 1 is 1.17 bits per heavy atom. The predicted octanol–water partition coefficient (Wildman–Crippen LogP) is 2.87. The summed E-state index contributed by atoms with van der Waals surface area (Å²) in [6, 6.07) is 9.69. The lowest BCUT2D eigenvalue weighted by atomic mass is 9.85. The molecule has 35 heavy (non-hydrogen) atoms. The van der Waals surface area contributed by atoms with E-state index in [1.165, 1.54) is 16.7 Å². The van der Waals surface area contributed by atoms with E-state index < -0.39 is 27.2 Å². The minimum Gasteiger partial charge on any atom is -0.496 e. The van der Waals surface area contributed by atoms with Gasteiger partial charge in [-0.05, 0) is 56.4 Å². The van der Waals surface area contributed by atoms with E-state index in [0.717, 1.165) is 5.56 Å². The molecule has 0 saturated heterocycles. The van der Waals surface area contributed by atoms with Crippen LogP contribution in [-0.4, -0.2) is 47.8 Å². The van der Waals surface area contributed by atoms with Gasteiger partial charge in [0, 0.05) is 23.7 Å². The van der Waals surface area contributed by atoms with E-state index in [1.807, 2.05) is 19.1 Å². The number of sulfone groups is 1. The first-order valence-corrected chi connectivity index (χ1v) is 12.9. The molecule has 11 heteroatoms. The third kappa shape index (κ3) is 4.95. The third-order valence-electron chi connectivity index (χ3n) is 6.47. The summed E-state index contributed by atoms with van der Waals surface area (Å²) in [5.41, 5.74) is 1.67. The molecule has 3 aromatic rings. The zero-order valence-corrected chi connectivity index (χ0v) is 20.2. The number of nitrogens with one attached hydrogen (secondary N) is 2. The fourth-order valence-electron chi connectivity index (χ4n) is 4.72. The Labute approximate surface area is 201 Å². The largest absolute Gasteiger partial charge is 0.496 e. The summed E-state index contributed by atoms with van der Waals surface area (Å²) in [4.78, 5) is 39.0. The van der Waals surface area contributed by atoms with Gasteiger partial charge in [-0.2, -0.15) is 0 Å². The summed E-state index contributed by atoms with van der Waals surface area (Å²) < 4.78 is 31.9. The van der Waals surface area contributed by atoms with E-state index in [-0.39, 0.29) is 28.3 Å². The van der Waals surface area contributed by atoms with Gasteiger partial charge in [-0.1, -0.05) is 12.1 Å². The molecule has 3 N–H and O–H groups in total. The minimum atomic E-state index is -4.12. The SMILES string of the molecule is COc1cc(NC(=O)C2CCC(n3c(=O)[nH]c4c(S(=O)(=O)CC(=O)O)cccc43)CC2)ccc1C. The molecule has 4 rings (SSSR count). The highest BCUT2D eigenvalue weighted by molar-refractivity contribution is 7.92. The zero-order chi connectivity index (χ0) is 25.3. The molecular weight excluding hydrogens is 474 g/mol. The number of aromatic nitrogens is 2. The van der Waals surface area contributed by atoms with Crippen molar-refractivity contribution >= 4 is 38.4 Å². The fraction of sp³-hybridized carbons (Fsp3) is 0.375. The number of ether oxygens (including phenoxy) is 1. The Morgan fingerprint density at radius 2 is 1.89 bits per heavy atom. The fourth-order valence-corrected chi connectivity index (χ4v) is 5.96. The molecule has 2 aromatic carbocycles. The van der Waals surface area contributed by atoms with Gasteiger partial charge >= 0.3 is 11.7 Å². The average molecular weight is 502 g/mol. The average Bonchev–Trinajstić information content (AvgIpc) is 3.15. The Hall–Kier alpha value is -3.60. The number of H-pyrrole nitrogens is 1. The lowest BCUT2D eigenvalue weighted by Gasteiger charge is -2.28. The number of fused-ring (bicyclic) bond motifs is 1. The molecule has 10 nitrogen and oxygen atoms in total. The number of anilines is 1. The Kier molecular flexibility index (Phi) is 6.70. The van der Waals surface area contributed by atoms with Crippen molar-refractivity contribution in [3.8, 4) is 5.75 Å². The van der Waals surface area contributed by atoms with Crippen molar-refractivity contribution in [3.05, 3.63) is 52.4 Å². The number of hydrogen-bond acceptors (Lipinski definition) is 6. The number of carbonyl (C=O) groups excluding carboxylic acids is 1. The summed E-state index contributed by atoms with van der Waals surface area (Å²) in [7, 11) is -2.55. The number of imidazole rings is 1. The van der Waals surface area contributed by atoms with E-state index in [4.69, 9.17) is 9.84 Å². The van der Waals surface area contributed by atoms with Gasteiger partial charge in [0.05, 0.1) is 23.0 Å². The van der Waals surface area contributed by atoms with Gasteiger partial charge in [0.25, 0.3) is 0 Å². The first-order chi connectivity index (χ1) is 16.6. The number of methoxy groups -OCH3 is 1. The van der Waals surface area contributed by atoms with Crippen molar-refractivity contribution in [1.82, 2.24) is 9.55 Å². The van der Waals surface area contributed by atoms with E-state index in [0.29, 0.717) is 42.6 Å². The number of nitrogens with zero attached hydrogens (tertiary/aromatic N) is 1. The van der Waals surface area contributed by atoms with Crippen molar-refractivity contribution in [3.63, 3.8) is 0 Å². The number of aryl methyl sites for hydroxylation is 1. The third-order valence-corrected chi connectivity index (χ3v) is 8.11. The minimum absolute atomic E-state index is 0.0947. The zero-order valence-electron chi connectivity index (χ0n) is 19.4. The van der Waals surface area contributed by atoms with E-state index in [9.17, 15) is 22.8 Å². The maximum Gasteiger partial charge on any atom is 0.326 e. The Morgan fingerprint density at radius 3 is 2.54 bits per heavy atom. The maximum atomic E-state index is 12.8. The van der Waals surface area contributed by atoms with Gasteiger partial charge in [0.15, 0.2) is 15.6 Å². The van der Waals surface area contributed by atoms with E-state index in [2.05, 4.69) is 10.3 Å². The number of para-hydroxylation sites is 1. The second-order valence-corrected chi connectivity index (χ2v) is 10.7. The summed E-state index contributed by atoms with van der Waals surface area (Å²) in [5, 5.41) is 11.9. The van der Waals surface area contributed by atoms with Crippen molar-refractivity contribution in [1.29, 1.82) is 0 Å². The second-order valence-electron chi connectivity index (χ2n) is 8.78. The second kappa shape index (κ2) is 9.57. The van der Waals surface area contributed by atoms with E-state index in [1.54, 1.807) is 19.2 Å². The molecule has 1 amide bonds. The van der Waals surface area contributed by atoms with Gasteiger partial charge in [-0.25, -0.2) is 13.2 Å². The molecule has 0 spiro atoms. The van der Waals surface area contributed by atoms with Crippen LogP contribution in [-0.2, 0) is 19.4 Å². The van der Waals surface area contributed by atoms with Crippen molar-refractivity contribution in [2.45, 2.75) is 43.5 Å². The molecule has 1 fully saturated rings. The molecule has 1 aromatic heterocycles. The van der Waals surface area contributed by atoms with Gasteiger partial charge < -0.3 is 20.1 Å². The Bertz CT molecular complexity index is 1450. The van der Waals surface area contributed by atoms with Crippen LogP contribution in [0.4, 0.5) is 5.69 Å². The number of amides is 1. The van der Waals surface area contributed by atoms with Crippen molar-refractivity contribution in [2.75, 3.05) is 18.2 Å². The lowest BCUT2D eigenvalue weighted by molar-refractivity contribution is -0.134. The van der Waals surface area contributed by atoms with Crippen LogP contribution >= 0.6 is 0 Å². The van der Waals surface area contributed by atoms with Gasteiger partial charge in [-0.15, -0.1) is 0 Å². The lowest BCUT2D eigenvalue weighted by Crippen LogP contribution is -2.31. The molecule has 0 bridgehead atoms. The maximum absolute atomic E-state index is 12.8. The number of aromatic amines is 1. The number of carboxylic acid groups (broad SMARTS) is 1. The van der Waals surface area contributed by atoms with Crippen LogP contribution in [0.15, 0.2) is 46.1 Å². The van der Waals surface area contributed by atoms with Crippen LogP contribution in [0.3, 0.4) is 0 Å². The molecule has 1 saturated carbocycles. The monoisotopic (exact) mass is 501 g/mol.